The number of hydrogen-bond acceptors (Lipinski definition) is 5. The average Bonchev–Trinajstić information content (AvgIpc) is 3.17. The zero-order chi connectivity index (χ0) is 18.9. The normalized spacial score (nSPS) is 15.8. The van der Waals surface area contributed by atoms with Gasteiger partial charge in [-0.15, -0.1) is 0 Å². The quantitative estimate of drug-likeness (QED) is 0.436. The lowest BCUT2D eigenvalue weighted by Gasteiger charge is -2.10. The summed E-state index contributed by atoms with van der Waals surface area (Å²) in [6, 6.07) is 11.5. The molecule has 1 fully saturated rings. The summed E-state index contributed by atoms with van der Waals surface area (Å²) in [5, 5.41) is 11.2. The first-order chi connectivity index (χ1) is 12.5. The number of nitrogens with two attached hydrogens (primary N) is 1. The molecule has 6 heteroatoms. The van der Waals surface area contributed by atoms with Gasteiger partial charge < -0.3 is 20.6 Å². The van der Waals surface area contributed by atoms with Crippen LogP contribution in [0.2, 0.25) is 0 Å². The lowest BCUT2D eigenvalue weighted by molar-refractivity contribution is -0.111. The zero-order valence-corrected chi connectivity index (χ0v) is 14.8. The molecule has 0 aliphatic carbocycles. The lowest BCUT2D eigenvalue weighted by Crippen LogP contribution is -2.09. The Morgan fingerprint density at radius 3 is 2.77 bits per heavy atom. The molecule has 0 spiro atoms. The Morgan fingerprint density at radius 1 is 1.38 bits per heavy atom. The number of nitrogens with one attached hydrogen (secondary N) is 2. The van der Waals surface area contributed by atoms with E-state index >= 15 is 0 Å². The van der Waals surface area contributed by atoms with Crippen molar-refractivity contribution in [1.82, 2.24) is 5.32 Å². The topological polar surface area (TPSA) is 88.2 Å². The van der Waals surface area contributed by atoms with E-state index < -0.39 is 0 Å². The number of carbonyl (C=O) groups excluding carboxylic acids is 1. The Hall–Kier alpha value is -2.57. The van der Waals surface area contributed by atoms with Crippen LogP contribution in [0.3, 0.4) is 0 Å². The number of aldehydes is 1. The van der Waals surface area contributed by atoms with Crippen LogP contribution in [0.5, 0.6) is 0 Å². The fourth-order valence-corrected chi connectivity index (χ4v) is 2.59. The molecule has 0 amide bonds. The van der Waals surface area contributed by atoms with Gasteiger partial charge in [0.15, 0.2) is 0 Å². The fraction of sp³-hybridized carbons (Fsp3) is 0.300. The summed E-state index contributed by atoms with van der Waals surface area (Å²) >= 11 is 0. The van der Waals surface area contributed by atoms with Gasteiger partial charge in [0.25, 0.3) is 0 Å². The predicted molar refractivity (Wildman–Crippen MR) is 101 cm³/mol. The van der Waals surface area contributed by atoms with E-state index in [0.717, 1.165) is 24.9 Å². The first-order valence-electron chi connectivity index (χ1n) is 8.46. The molecule has 0 bridgehead atoms. The van der Waals surface area contributed by atoms with Gasteiger partial charge in [0.2, 0.25) is 0 Å². The molecule has 0 saturated carbocycles. The van der Waals surface area contributed by atoms with Gasteiger partial charge in [-0.25, -0.2) is 4.39 Å². The highest BCUT2D eigenvalue weighted by atomic mass is 19.1. The molecule has 138 valence electrons. The van der Waals surface area contributed by atoms with Gasteiger partial charge in [-0.2, -0.15) is 0 Å². The van der Waals surface area contributed by atoms with E-state index in [9.17, 15) is 9.18 Å². The molecular weight excluding hydrogens is 333 g/mol. The molecule has 5 nitrogen and oxygen atoms in total. The first kappa shape index (κ1) is 19.8. The van der Waals surface area contributed by atoms with Crippen LogP contribution in [0, 0.1) is 17.1 Å². The van der Waals surface area contributed by atoms with Crippen molar-refractivity contribution >= 4 is 17.7 Å². The summed E-state index contributed by atoms with van der Waals surface area (Å²) in [5.74, 6) is -0.160. The van der Waals surface area contributed by atoms with Crippen LogP contribution in [-0.4, -0.2) is 32.3 Å². The Labute approximate surface area is 152 Å². The number of halogens is 1. The van der Waals surface area contributed by atoms with Crippen LogP contribution in [0.25, 0.3) is 0 Å². The van der Waals surface area contributed by atoms with Crippen LogP contribution >= 0.6 is 0 Å². The van der Waals surface area contributed by atoms with E-state index in [2.05, 4.69) is 5.32 Å². The highest BCUT2D eigenvalue weighted by Gasteiger charge is 2.13. The van der Waals surface area contributed by atoms with Gasteiger partial charge in [-0.1, -0.05) is 18.2 Å². The predicted octanol–water partition coefficient (Wildman–Crippen LogP) is 2.77. The maximum absolute atomic E-state index is 13.2. The Kier molecular flexibility index (Phi) is 7.44. The summed E-state index contributed by atoms with van der Waals surface area (Å²) < 4.78 is 18.1. The minimum absolute atomic E-state index is 0.194. The fourth-order valence-electron chi connectivity index (χ4n) is 2.59. The SMILES string of the molecule is CNCc1ccc(N)c(C(=N)c2cccc(F)c2)c1.O=CC1CCOC1. The van der Waals surface area contributed by atoms with E-state index in [4.69, 9.17) is 15.9 Å². The first-order valence-corrected chi connectivity index (χ1v) is 8.46. The van der Waals surface area contributed by atoms with E-state index in [1.807, 2.05) is 19.2 Å². The summed E-state index contributed by atoms with van der Waals surface area (Å²) in [7, 11) is 1.86. The average molecular weight is 357 g/mol. The largest absolute Gasteiger partial charge is 0.398 e. The molecule has 1 aliphatic heterocycles. The second-order valence-corrected chi connectivity index (χ2v) is 6.10. The molecule has 1 heterocycles. The highest BCUT2D eigenvalue weighted by Crippen LogP contribution is 2.19. The molecule has 1 unspecified atom stereocenters. The number of ether oxygens (including phenoxy) is 1. The Balaban J connectivity index is 0.000000290. The number of rotatable bonds is 5. The monoisotopic (exact) mass is 357 g/mol. The summed E-state index contributed by atoms with van der Waals surface area (Å²) in [5.41, 5.74) is 8.84. The van der Waals surface area contributed by atoms with Gasteiger partial charge in [0, 0.05) is 35.9 Å². The molecule has 0 radical (unpaired) electrons. The van der Waals surface area contributed by atoms with Crippen LogP contribution in [0.15, 0.2) is 42.5 Å². The standard InChI is InChI=1S/C15H16FN3.C5H8O2/c1-19-9-10-5-6-14(17)13(7-10)15(18)11-3-2-4-12(16)8-11;6-3-5-1-2-7-4-5/h2-8,18-19H,9,17H2,1H3;3,5H,1-2,4H2. The minimum Gasteiger partial charge on any atom is -0.398 e. The van der Waals surface area contributed by atoms with Gasteiger partial charge in [0.05, 0.1) is 12.3 Å². The van der Waals surface area contributed by atoms with Gasteiger partial charge in [-0.3, -0.25) is 5.41 Å². The molecule has 4 N–H and O–H groups in total. The number of carbonyl (C=O) groups is 1. The van der Waals surface area contributed by atoms with Crippen LogP contribution < -0.4 is 11.1 Å². The number of nitrogen functional groups attached to an aromatic ring is 1. The van der Waals surface area contributed by atoms with Crippen LogP contribution in [-0.2, 0) is 16.1 Å². The van der Waals surface area contributed by atoms with Crippen molar-refractivity contribution in [2.45, 2.75) is 13.0 Å². The van der Waals surface area contributed by atoms with Crippen LogP contribution in [0.4, 0.5) is 10.1 Å². The number of anilines is 1. The maximum atomic E-state index is 13.2. The van der Waals surface area contributed by atoms with E-state index in [1.54, 1.807) is 18.2 Å². The molecular formula is C20H24FN3O2. The van der Waals surface area contributed by atoms with Crippen molar-refractivity contribution in [3.8, 4) is 0 Å². The van der Waals surface area contributed by atoms with Gasteiger partial charge >= 0.3 is 0 Å². The molecule has 2 aromatic rings. The summed E-state index contributed by atoms with van der Waals surface area (Å²) in [6.45, 7) is 2.11. The zero-order valence-electron chi connectivity index (χ0n) is 14.8. The van der Waals surface area contributed by atoms with E-state index in [-0.39, 0.29) is 17.4 Å². The third-order valence-electron chi connectivity index (χ3n) is 4.04. The maximum Gasteiger partial charge on any atom is 0.125 e. The van der Waals surface area contributed by atoms with Crippen molar-refractivity contribution in [2.24, 2.45) is 5.92 Å². The second-order valence-electron chi connectivity index (χ2n) is 6.10. The Morgan fingerprint density at radius 2 is 2.19 bits per heavy atom. The van der Waals surface area contributed by atoms with Crippen LogP contribution in [0.1, 0.15) is 23.1 Å². The molecule has 0 aromatic heterocycles. The van der Waals surface area contributed by atoms with Crippen molar-refractivity contribution in [3.63, 3.8) is 0 Å². The smallest absolute Gasteiger partial charge is 0.125 e. The molecule has 1 aliphatic rings. The van der Waals surface area contributed by atoms with Gasteiger partial charge in [-0.05, 0) is 43.3 Å². The molecule has 1 atom stereocenters. The molecule has 3 rings (SSSR count). The third-order valence-corrected chi connectivity index (χ3v) is 4.04. The lowest BCUT2D eigenvalue weighted by atomic mass is 9.99. The van der Waals surface area contributed by atoms with Crippen molar-refractivity contribution in [2.75, 3.05) is 26.0 Å². The third kappa shape index (κ3) is 5.47. The second kappa shape index (κ2) is 9.79. The molecule has 2 aromatic carbocycles. The minimum atomic E-state index is -0.354. The molecule has 1 saturated heterocycles. The van der Waals surface area contributed by atoms with E-state index in [0.29, 0.717) is 30.0 Å². The summed E-state index contributed by atoms with van der Waals surface area (Å²) in [6.07, 6.45) is 1.89. The van der Waals surface area contributed by atoms with Crippen molar-refractivity contribution in [3.05, 3.63) is 65.0 Å². The number of benzene rings is 2. The highest BCUT2D eigenvalue weighted by molar-refractivity contribution is 6.13. The number of hydrogen-bond donors (Lipinski definition) is 3. The Bertz CT molecular complexity index is 758. The summed E-state index contributed by atoms with van der Waals surface area (Å²) in [4.78, 5) is 9.93. The molecule has 26 heavy (non-hydrogen) atoms. The van der Waals surface area contributed by atoms with E-state index in [1.165, 1.54) is 12.1 Å². The van der Waals surface area contributed by atoms with Gasteiger partial charge in [0.1, 0.15) is 12.1 Å². The van der Waals surface area contributed by atoms with Crippen molar-refractivity contribution < 1.29 is 13.9 Å². The van der Waals surface area contributed by atoms with Crippen molar-refractivity contribution in [1.29, 1.82) is 5.41 Å².